The molecule has 0 bridgehead atoms. The Bertz CT molecular complexity index is 5780. The van der Waals surface area contributed by atoms with Gasteiger partial charge in [0.2, 0.25) is 0 Å². The van der Waals surface area contributed by atoms with Crippen molar-refractivity contribution in [1.82, 2.24) is 4.98 Å². The minimum absolute atomic E-state index is 0.743. The molecule has 16 aromatic rings. The van der Waals surface area contributed by atoms with Crippen LogP contribution in [0.2, 0.25) is 0 Å². The number of benzene rings is 15. The number of nitrogens with zero attached hydrogens (tertiary/aromatic N) is 1. The molecule has 0 amide bonds. The lowest BCUT2D eigenvalue weighted by molar-refractivity contribution is 0.591. The summed E-state index contributed by atoms with van der Waals surface area (Å²) < 4.78 is 47.6. The highest BCUT2D eigenvalue weighted by Gasteiger charge is 2.53. The highest BCUT2D eigenvalue weighted by Crippen LogP contribution is 2.64. The predicted octanol–water partition coefficient (Wildman–Crippen LogP) is 22.1. The van der Waals surface area contributed by atoms with Gasteiger partial charge in [0.15, 0.2) is 21.4 Å². The first-order valence-electron chi connectivity index (χ1n) is 38.0. The van der Waals surface area contributed by atoms with Gasteiger partial charge in [-0.3, -0.25) is 0 Å². The van der Waals surface area contributed by atoms with Crippen LogP contribution in [0.25, 0.3) is 76.7 Å². The van der Waals surface area contributed by atoms with Crippen LogP contribution in [0.4, 0.5) is 0 Å². The number of aryl methyl sites for hydroxylation is 4. The van der Waals surface area contributed by atoms with Crippen LogP contribution >= 0.6 is 21.4 Å². The van der Waals surface area contributed by atoms with Gasteiger partial charge >= 0.3 is 0 Å². The molecule has 0 aliphatic heterocycles. The molecule has 0 atom stereocenters. The normalized spacial score (nSPS) is 12.8. The van der Waals surface area contributed by atoms with E-state index in [4.69, 9.17) is 4.98 Å². The van der Waals surface area contributed by atoms with Crippen LogP contribution in [0, 0.1) is 0 Å². The molecule has 0 radical (unpaired) electrons. The molecular weight excluding hydrogens is 1360 g/mol. The molecule has 1 spiro atoms. The van der Waals surface area contributed by atoms with E-state index >= 15 is 13.7 Å². The highest BCUT2D eigenvalue weighted by molar-refractivity contribution is 7.86. The summed E-state index contributed by atoms with van der Waals surface area (Å²) in [4.78, 5) is 5.48. The van der Waals surface area contributed by atoms with Crippen LogP contribution < -0.4 is 47.7 Å². The van der Waals surface area contributed by atoms with Crippen molar-refractivity contribution < 1.29 is 13.7 Å². The fourth-order valence-corrected chi connectivity index (χ4v) is 25.5. The molecule has 2 aliphatic rings. The number of fused-ring (bicyclic) bond motifs is 16. The largest absolute Gasteiger partial charge is 0.309 e. The van der Waals surface area contributed by atoms with Crippen LogP contribution in [-0.2, 0) is 44.8 Å². The topological polar surface area (TPSA) is 64.1 Å². The van der Waals surface area contributed by atoms with E-state index in [0.717, 1.165) is 165 Å². The van der Waals surface area contributed by atoms with E-state index in [1.54, 1.807) is 0 Å². The van der Waals surface area contributed by atoms with Crippen LogP contribution in [0.1, 0.15) is 97.9 Å². The smallest absolute Gasteiger partial charge is 0.171 e. The Morgan fingerprint density at radius 1 is 0.252 bits per heavy atom. The lowest BCUT2D eigenvalue weighted by atomic mass is 9.70. The zero-order chi connectivity index (χ0) is 72.9. The monoisotopic (exact) mass is 1440 g/mol. The van der Waals surface area contributed by atoms with Crippen molar-refractivity contribution in [2.24, 2.45) is 0 Å². The molecule has 18 rings (SSSR count). The van der Waals surface area contributed by atoms with E-state index < -0.39 is 26.8 Å². The fourth-order valence-electron chi connectivity index (χ4n) is 17.4. The molecule has 0 N–H and O–H groups in total. The van der Waals surface area contributed by atoms with E-state index in [1.807, 2.05) is 188 Å². The summed E-state index contributed by atoms with van der Waals surface area (Å²) in [6.07, 6.45) is 8.48. The second-order valence-corrected chi connectivity index (χ2v) is 37.2. The van der Waals surface area contributed by atoms with Gasteiger partial charge in [-0.2, -0.15) is 0 Å². The highest BCUT2D eigenvalue weighted by atomic mass is 31.2. The third-order valence-corrected chi connectivity index (χ3v) is 31.5. The SMILES string of the molecule is CCCc1ccc2c(c1)-c1cc(CCC)ccc1C21c2cc(P(=O)(c3ccccc3)c3ccccc3)ccc2-c2ccc(P(=O)(c3ccccc3)c3ccccc3)cc21.CCCc1ccc2c(ccc3c(-c4cccc(P(=O)(c5ccccc5)c5ccccc5)c4)c4ccc5cc(CCC)ccc5c4nc32)c1. The van der Waals surface area contributed by atoms with Crippen LogP contribution in [0.5, 0.6) is 0 Å². The molecule has 0 saturated carbocycles. The Morgan fingerprint density at radius 3 is 0.907 bits per heavy atom. The third-order valence-electron chi connectivity index (χ3n) is 22.3. The Labute approximate surface area is 629 Å². The number of hydrogen-bond acceptors (Lipinski definition) is 4. The van der Waals surface area contributed by atoms with Crippen molar-refractivity contribution in [1.29, 1.82) is 0 Å². The van der Waals surface area contributed by atoms with Crippen LogP contribution in [0.15, 0.2) is 340 Å². The quantitative estimate of drug-likeness (QED) is 0.0488. The summed E-state index contributed by atoms with van der Waals surface area (Å²) in [6.45, 7) is 8.93. The average molecular weight is 1440 g/mol. The number of aromatic nitrogens is 1. The molecular formula is C100H84NO3P3. The summed E-state index contributed by atoms with van der Waals surface area (Å²) >= 11 is 0. The Balaban J connectivity index is 0.000000161. The van der Waals surface area contributed by atoms with E-state index in [9.17, 15) is 0 Å². The molecule has 1 aromatic heterocycles. The maximum absolute atomic E-state index is 16.1. The first kappa shape index (κ1) is 69.2. The molecule has 0 unspecified atom stereocenters. The van der Waals surface area contributed by atoms with Gasteiger partial charge in [-0.25, -0.2) is 4.98 Å². The van der Waals surface area contributed by atoms with Gasteiger partial charge in [-0.15, -0.1) is 0 Å². The van der Waals surface area contributed by atoms with Gasteiger partial charge in [0, 0.05) is 74.8 Å². The molecule has 522 valence electrons. The predicted molar refractivity (Wildman–Crippen MR) is 457 cm³/mol. The van der Waals surface area contributed by atoms with Crippen molar-refractivity contribution in [3.05, 3.63) is 384 Å². The number of hydrogen-bond donors (Lipinski definition) is 0. The standard InChI is InChI=1S/C55H46O2P2.C45H38NOP/c1-3-17-39-27-33-51-49(35-39)50-36-40(18-4-2)28-34-52(50)55(51)53-37-45(58(56,41-19-9-5-10-20-41)42-21-11-6-12-22-42)29-31-47(53)48-32-30-46(38-54(48)55)59(57,43-23-13-7-14-24-43)44-25-15-8-16-26-44;1-3-12-31-20-24-39-33(28-31)22-26-41-43(42-27-23-34-29-32(13-4-2)21-25-40(34)45(42)46-44(39)41)35-14-11-19-38(30-35)48(47,36-15-7-5-8-16-36)37-17-9-6-10-18-37/h5-16,19-38H,3-4,17-18H2,1-2H3;5-11,14-30H,3-4,12-13H2,1-2H3. The molecule has 4 nitrogen and oxygen atoms in total. The lowest BCUT2D eigenvalue weighted by Crippen LogP contribution is -2.31. The van der Waals surface area contributed by atoms with Crippen molar-refractivity contribution in [2.75, 3.05) is 0 Å². The van der Waals surface area contributed by atoms with Gasteiger partial charge in [-0.1, -0.05) is 375 Å². The second kappa shape index (κ2) is 28.8. The van der Waals surface area contributed by atoms with E-state index in [-0.39, 0.29) is 0 Å². The first-order chi connectivity index (χ1) is 52.5. The fraction of sp³-hybridized carbons (Fsp3) is 0.130. The van der Waals surface area contributed by atoms with Gasteiger partial charge in [0.05, 0.1) is 16.4 Å². The average Bonchev–Trinajstić information content (AvgIpc) is 1.51. The minimum Gasteiger partial charge on any atom is -0.309 e. The van der Waals surface area contributed by atoms with E-state index in [0.29, 0.717) is 0 Å². The Kier molecular flexibility index (Phi) is 18.6. The van der Waals surface area contributed by atoms with Gasteiger partial charge in [-0.05, 0) is 127 Å². The summed E-state index contributed by atoms with van der Waals surface area (Å²) in [5, 5.41) is 14.3. The van der Waals surface area contributed by atoms with E-state index in [1.165, 1.54) is 55.3 Å². The summed E-state index contributed by atoms with van der Waals surface area (Å²) in [5.74, 6) is 0. The second-order valence-electron chi connectivity index (χ2n) is 28.9. The van der Waals surface area contributed by atoms with Gasteiger partial charge in [0.25, 0.3) is 0 Å². The van der Waals surface area contributed by atoms with Crippen molar-refractivity contribution in [3.63, 3.8) is 0 Å². The molecule has 7 heteroatoms. The van der Waals surface area contributed by atoms with Crippen LogP contribution in [0.3, 0.4) is 0 Å². The van der Waals surface area contributed by atoms with Gasteiger partial charge < -0.3 is 13.7 Å². The van der Waals surface area contributed by atoms with Crippen molar-refractivity contribution >= 4 is 113 Å². The number of pyridine rings is 1. The molecule has 0 saturated heterocycles. The van der Waals surface area contributed by atoms with Crippen molar-refractivity contribution in [2.45, 2.75) is 84.5 Å². The van der Waals surface area contributed by atoms with Crippen molar-refractivity contribution in [3.8, 4) is 33.4 Å². The molecule has 15 aromatic carbocycles. The lowest BCUT2D eigenvalue weighted by Gasteiger charge is -2.32. The molecule has 0 fully saturated rings. The zero-order valence-corrected chi connectivity index (χ0v) is 63.7. The maximum atomic E-state index is 16.1. The summed E-state index contributed by atoms with van der Waals surface area (Å²) in [5.41, 5.74) is 18.2. The molecule has 107 heavy (non-hydrogen) atoms. The number of rotatable bonds is 18. The first-order valence-corrected chi connectivity index (χ1v) is 43.2. The minimum atomic E-state index is -3.32. The maximum Gasteiger partial charge on any atom is 0.171 e. The van der Waals surface area contributed by atoms with Gasteiger partial charge in [0.1, 0.15) is 0 Å². The summed E-state index contributed by atoms with van der Waals surface area (Å²) in [7, 11) is -9.81. The third kappa shape index (κ3) is 11.8. The Morgan fingerprint density at radius 2 is 0.561 bits per heavy atom. The van der Waals surface area contributed by atoms with Crippen LogP contribution in [-0.4, -0.2) is 4.98 Å². The zero-order valence-electron chi connectivity index (χ0n) is 61.0. The molecule has 1 heterocycles. The summed E-state index contributed by atoms with van der Waals surface area (Å²) in [6, 6.07) is 118. The molecule has 2 aliphatic carbocycles. The Hall–Kier alpha value is -10.8. The van der Waals surface area contributed by atoms with E-state index in [2.05, 4.69) is 179 Å².